The van der Waals surface area contributed by atoms with Crippen molar-refractivity contribution < 1.29 is 9.90 Å². The number of halogens is 1. The summed E-state index contributed by atoms with van der Waals surface area (Å²) in [5.74, 6) is 0. The van der Waals surface area contributed by atoms with Crippen LogP contribution >= 0.6 is 22.6 Å². The van der Waals surface area contributed by atoms with E-state index in [9.17, 15) is 15.2 Å². The summed E-state index contributed by atoms with van der Waals surface area (Å²) in [7, 11) is 0. The monoisotopic (exact) mass is 372 g/mol. The van der Waals surface area contributed by atoms with Gasteiger partial charge >= 0.3 is 6.09 Å². The summed E-state index contributed by atoms with van der Waals surface area (Å²) in [5, 5.41) is 18.6. The Labute approximate surface area is 127 Å². The number of nitrogens with zero attached hydrogens (tertiary/aromatic N) is 2. The Morgan fingerprint density at radius 1 is 1.42 bits per heavy atom. The van der Waals surface area contributed by atoms with Gasteiger partial charge in [-0.1, -0.05) is 12.1 Å². The molecular weight excluding hydrogens is 355 g/mol. The molecule has 0 saturated carbocycles. The summed E-state index contributed by atoms with van der Waals surface area (Å²) in [5.41, 5.74) is 0.359. The van der Waals surface area contributed by atoms with Crippen LogP contribution in [0.1, 0.15) is 26.3 Å². The maximum Gasteiger partial charge on any atom is 0.408 e. The Morgan fingerprint density at radius 3 is 2.32 bits per heavy atom. The van der Waals surface area contributed by atoms with Crippen LogP contribution in [0.25, 0.3) is 0 Å². The Hall–Kier alpha value is -1.29. The SMILES string of the molecule is CC(C)(C)N(C(=O)O)C(C#N)Cc1ccc(I)cc1. The zero-order valence-corrected chi connectivity index (χ0v) is 13.4. The van der Waals surface area contributed by atoms with Gasteiger partial charge in [-0.3, -0.25) is 4.90 Å². The molecule has 0 radical (unpaired) electrons. The average molecular weight is 372 g/mol. The molecule has 19 heavy (non-hydrogen) atoms. The number of carbonyl (C=O) groups is 1. The maximum atomic E-state index is 11.4. The first-order valence-electron chi connectivity index (χ1n) is 5.92. The molecule has 1 atom stereocenters. The highest BCUT2D eigenvalue weighted by atomic mass is 127. The fourth-order valence-corrected chi connectivity index (χ4v) is 2.29. The lowest BCUT2D eigenvalue weighted by molar-refractivity contribution is 0.0851. The van der Waals surface area contributed by atoms with E-state index in [0.29, 0.717) is 6.42 Å². The summed E-state index contributed by atoms with van der Waals surface area (Å²) in [4.78, 5) is 12.6. The quantitative estimate of drug-likeness (QED) is 0.826. The molecule has 1 rings (SSSR count). The van der Waals surface area contributed by atoms with E-state index in [0.717, 1.165) is 9.13 Å². The van der Waals surface area contributed by atoms with Gasteiger partial charge in [0.25, 0.3) is 0 Å². The molecule has 0 spiro atoms. The maximum absolute atomic E-state index is 11.4. The van der Waals surface area contributed by atoms with Crippen LogP contribution in [0.15, 0.2) is 24.3 Å². The summed E-state index contributed by atoms with van der Waals surface area (Å²) in [6.07, 6.45) is -0.665. The van der Waals surface area contributed by atoms with Crippen molar-refractivity contribution in [2.45, 2.75) is 38.8 Å². The van der Waals surface area contributed by atoms with Gasteiger partial charge in [0.15, 0.2) is 0 Å². The lowest BCUT2D eigenvalue weighted by Crippen LogP contribution is -2.51. The molecule has 102 valence electrons. The molecule has 5 heteroatoms. The summed E-state index contributed by atoms with van der Waals surface area (Å²) < 4.78 is 1.11. The second-order valence-corrected chi connectivity index (χ2v) is 6.54. The average Bonchev–Trinajstić information content (AvgIpc) is 2.28. The predicted octanol–water partition coefficient (Wildman–Crippen LogP) is 3.50. The summed E-state index contributed by atoms with van der Waals surface area (Å²) in [6, 6.07) is 9.17. The highest BCUT2D eigenvalue weighted by Gasteiger charge is 2.33. The van der Waals surface area contributed by atoms with Gasteiger partial charge in [-0.15, -0.1) is 0 Å². The molecule has 0 heterocycles. The van der Waals surface area contributed by atoms with E-state index < -0.39 is 17.7 Å². The van der Waals surface area contributed by atoms with Crippen LogP contribution < -0.4 is 0 Å². The van der Waals surface area contributed by atoms with Crippen molar-refractivity contribution in [3.05, 3.63) is 33.4 Å². The van der Waals surface area contributed by atoms with Gasteiger partial charge in [-0.2, -0.15) is 5.26 Å². The van der Waals surface area contributed by atoms with Gasteiger partial charge in [0.1, 0.15) is 6.04 Å². The molecular formula is C14H17IN2O2. The minimum Gasteiger partial charge on any atom is -0.465 e. The molecule has 0 saturated heterocycles. The molecule has 0 fully saturated rings. The van der Waals surface area contributed by atoms with Gasteiger partial charge < -0.3 is 5.11 Å². The number of rotatable bonds is 3. The third-order valence-corrected chi connectivity index (χ3v) is 3.45. The van der Waals surface area contributed by atoms with Crippen LogP contribution in [-0.4, -0.2) is 27.7 Å². The summed E-state index contributed by atoms with van der Waals surface area (Å²) >= 11 is 2.21. The molecule has 4 nitrogen and oxygen atoms in total. The first-order chi connectivity index (χ1) is 8.75. The first kappa shape index (κ1) is 15.8. The molecule has 1 unspecified atom stereocenters. The largest absolute Gasteiger partial charge is 0.465 e. The van der Waals surface area contributed by atoms with Crippen LogP contribution in [0.4, 0.5) is 4.79 Å². The van der Waals surface area contributed by atoms with E-state index in [1.165, 1.54) is 4.90 Å². The van der Waals surface area contributed by atoms with Gasteiger partial charge in [0.05, 0.1) is 6.07 Å². The van der Waals surface area contributed by atoms with Crippen molar-refractivity contribution in [1.29, 1.82) is 5.26 Å². The molecule has 1 aromatic rings. The fourth-order valence-electron chi connectivity index (χ4n) is 1.93. The third kappa shape index (κ3) is 4.39. The third-order valence-electron chi connectivity index (χ3n) is 2.73. The van der Waals surface area contributed by atoms with Crippen molar-refractivity contribution >= 4 is 28.7 Å². The first-order valence-corrected chi connectivity index (χ1v) is 7.00. The Kier molecular flexibility index (Phi) is 5.18. The van der Waals surface area contributed by atoms with Gasteiger partial charge in [-0.05, 0) is 61.1 Å². The van der Waals surface area contributed by atoms with Crippen molar-refractivity contribution in [2.24, 2.45) is 0 Å². The minimum absolute atomic E-state index is 0.400. The van der Waals surface area contributed by atoms with Crippen molar-refractivity contribution in [3.63, 3.8) is 0 Å². The standard InChI is InChI=1S/C14H17IN2O2/c1-14(2,3)17(13(18)19)12(9-16)8-10-4-6-11(15)7-5-10/h4-7,12H,8H2,1-3H3,(H,18,19). The predicted molar refractivity (Wildman–Crippen MR) is 81.9 cm³/mol. The van der Waals surface area contributed by atoms with E-state index in [-0.39, 0.29) is 0 Å². The molecule has 0 aliphatic carbocycles. The van der Waals surface area contributed by atoms with Crippen LogP contribution in [0.5, 0.6) is 0 Å². The number of amides is 1. The minimum atomic E-state index is -1.07. The van der Waals surface area contributed by atoms with Crippen molar-refractivity contribution in [3.8, 4) is 6.07 Å². The van der Waals surface area contributed by atoms with Crippen LogP contribution in [0.2, 0.25) is 0 Å². The zero-order chi connectivity index (χ0) is 14.6. The molecule has 0 aliphatic heterocycles. The van der Waals surface area contributed by atoms with Crippen LogP contribution in [0.3, 0.4) is 0 Å². The molecule has 0 aromatic heterocycles. The van der Waals surface area contributed by atoms with E-state index in [1.807, 2.05) is 24.3 Å². The van der Waals surface area contributed by atoms with Crippen LogP contribution in [0, 0.1) is 14.9 Å². The number of hydrogen-bond acceptors (Lipinski definition) is 2. The van der Waals surface area contributed by atoms with Crippen molar-refractivity contribution in [2.75, 3.05) is 0 Å². The van der Waals surface area contributed by atoms with Crippen molar-refractivity contribution in [1.82, 2.24) is 4.90 Å². The number of benzene rings is 1. The molecule has 0 aliphatic rings. The Balaban J connectivity index is 2.97. The molecule has 1 amide bonds. The van der Waals surface area contributed by atoms with E-state index in [2.05, 4.69) is 28.7 Å². The Bertz CT molecular complexity index is 486. The highest BCUT2D eigenvalue weighted by Crippen LogP contribution is 2.20. The second-order valence-electron chi connectivity index (χ2n) is 5.30. The smallest absolute Gasteiger partial charge is 0.408 e. The second kappa shape index (κ2) is 6.24. The number of carboxylic acid groups (broad SMARTS) is 1. The van der Waals surface area contributed by atoms with Gasteiger partial charge in [-0.25, -0.2) is 4.79 Å². The number of hydrogen-bond donors (Lipinski definition) is 1. The normalized spacial score (nSPS) is 12.6. The fraction of sp³-hybridized carbons (Fsp3) is 0.429. The van der Waals surface area contributed by atoms with E-state index in [1.54, 1.807) is 20.8 Å². The summed E-state index contributed by atoms with van der Waals surface area (Å²) in [6.45, 7) is 5.37. The topological polar surface area (TPSA) is 64.3 Å². The van der Waals surface area contributed by atoms with E-state index >= 15 is 0 Å². The molecule has 0 bridgehead atoms. The van der Waals surface area contributed by atoms with Gasteiger partial charge in [0, 0.05) is 15.5 Å². The van der Waals surface area contributed by atoms with Crippen LogP contribution in [-0.2, 0) is 6.42 Å². The Morgan fingerprint density at radius 2 is 1.95 bits per heavy atom. The lowest BCUT2D eigenvalue weighted by Gasteiger charge is -2.36. The highest BCUT2D eigenvalue weighted by molar-refractivity contribution is 14.1. The number of nitriles is 1. The van der Waals surface area contributed by atoms with Gasteiger partial charge in [0.2, 0.25) is 0 Å². The molecule has 1 aromatic carbocycles. The lowest BCUT2D eigenvalue weighted by atomic mass is 9.99. The molecule has 1 N–H and O–H groups in total. The van der Waals surface area contributed by atoms with E-state index in [4.69, 9.17) is 0 Å². The zero-order valence-electron chi connectivity index (χ0n) is 11.2.